The molecule has 0 saturated heterocycles. The molecule has 22 heavy (non-hydrogen) atoms. The van der Waals surface area contributed by atoms with E-state index in [1.165, 1.54) is 11.8 Å². The maximum absolute atomic E-state index is 11.7. The van der Waals surface area contributed by atoms with Crippen LogP contribution >= 0.6 is 15.9 Å². The number of aromatic nitrogens is 2. The number of nitrogens with zero attached hydrogens (tertiary/aromatic N) is 2. The third-order valence-electron chi connectivity index (χ3n) is 2.95. The van der Waals surface area contributed by atoms with Gasteiger partial charge in [-0.15, -0.1) is 0 Å². The zero-order valence-electron chi connectivity index (χ0n) is 12.1. The monoisotopic (exact) mass is 366 g/mol. The van der Waals surface area contributed by atoms with Gasteiger partial charge in [-0.05, 0) is 33.6 Å². The minimum atomic E-state index is -0.513. The first kappa shape index (κ1) is 16.0. The largest absolute Gasteiger partial charge is 0.453 e. The van der Waals surface area contributed by atoms with Gasteiger partial charge in [-0.3, -0.25) is 10.1 Å². The van der Waals surface area contributed by atoms with Gasteiger partial charge in [0.2, 0.25) is 0 Å². The van der Waals surface area contributed by atoms with Crippen LogP contribution in [0.5, 0.6) is 0 Å². The minimum Gasteiger partial charge on any atom is -0.453 e. The van der Waals surface area contributed by atoms with Crippen molar-refractivity contribution in [1.82, 2.24) is 9.78 Å². The van der Waals surface area contributed by atoms with Crippen molar-refractivity contribution in [2.24, 2.45) is 7.05 Å². The summed E-state index contributed by atoms with van der Waals surface area (Å²) in [7, 11) is 2.90. The van der Waals surface area contributed by atoms with Gasteiger partial charge >= 0.3 is 6.09 Å². The van der Waals surface area contributed by atoms with Gasteiger partial charge in [-0.2, -0.15) is 5.10 Å². The Labute approximate surface area is 135 Å². The SMILES string of the molecule is COC(=O)Nc1ccc(CNc2cnn(C)c(=O)c2Br)cc1. The zero-order valence-corrected chi connectivity index (χ0v) is 13.7. The van der Waals surface area contributed by atoms with E-state index in [1.54, 1.807) is 25.4 Å². The molecule has 0 saturated carbocycles. The molecular formula is C14H15BrN4O3. The van der Waals surface area contributed by atoms with E-state index in [0.717, 1.165) is 5.56 Å². The van der Waals surface area contributed by atoms with Crippen LogP contribution in [0.4, 0.5) is 16.2 Å². The van der Waals surface area contributed by atoms with Crippen LogP contribution in [-0.4, -0.2) is 23.0 Å². The molecule has 0 bridgehead atoms. The lowest BCUT2D eigenvalue weighted by Gasteiger charge is -2.09. The summed E-state index contributed by atoms with van der Waals surface area (Å²) in [6, 6.07) is 7.26. The summed E-state index contributed by atoms with van der Waals surface area (Å²) >= 11 is 3.25. The normalized spacial score (nSPS) is 10.1. The van der Waals surface area contributed by atoms with Crippen molar-refractivity contribution in [2.45, 2.75) is 6.54 Å². The summed E-state index contributed by atoms with van der Waals surface area (Å²) in [6.45, 7) is 0.520. The molecule has 0 spiro atoms. The third kappa shape index (κ3) is 3.85. The number of rotatable bonds is 4. The van der Waals surface area contributed by atoms with E-state index in [1.807, 2.05) is 12.1 Å². The number of hydrogen-bond acceptors (Lipinski definition) is 5. The van der Waals surface area contributed by atoms with Crippen molar-refractivity contribution in [1.29, 1.82) is 0 Å². The van der Waals surface area contributed by atoms with Gasteiger partial charge in [-0.1, -0.05) is 12.1 Å². The molecule has 2 aromatic rings. The van der Waals surface area contributed by atoms with Crippen LogP contribution in [0, 0.1) is 0 Å². The van der Waals surface area contributed by atoms with E-state index in [4.69, 9.17) is 0 Å². The van der Waals surface area contributed by atoms with E-state index in [0.29, 0.717) is 22.4 Å². The molecule has 8 heteroatoms. The Kier molecular flexibility index (Phi) is 5.16. The van der Waals surface area contributed by atoms with Gasteiger partial charge in [-0.25, -0.2) is 9.48 Å². The number of halogens is 1. The highest BCUT2D eigenvalue weighted by molar-refractivity contribution is 9.10. The Bertz CT molecular complexity index is 728. The van der Waals surface area contributed by atoms with Crippen molar-refractivity contribution in [3.05, 3.63) is 50.9 Å². The van der Waals surface area contributed by atoms with Crippen molar-refractivity contribution < 1.29 is 9.53 Å². The van der Waals surface area contributed by atoms with Crippen molar-refractivity contribution in [3.63, 3.8) is 0 Å². The Hall–Kier alpha value is -2.35. The van der Waals surface area contributed by atoms with Crippen molar-refractivity contribution >= 4 is 33.4 Å². The number of amides is 1. The molecule has 7 nitrogen and oxygen atoms in total. The minimum absolute atomic E-state index is 0.206. The van der Waals surface area contributed by atoms with Gasteiger partial charge in [0, 0.05) is 19.3 Å². The first-order valence-corrected chi connectivity index (χ1v) is 7.20. The lowest BCUT2D eigenvalue weighted by molar-refractivity contribution is 0.187. The molecule has 0 atom stereocenters. The van der Waals surface area contributed by atoms with Crippen molar-refractivity contribution in [2.75, 3.05) is 17.7 Å². The predicted octanol–water partition coefficient (Wildman–Crippen LogP) is 2.33. The molecular weight excluding hydrogens is 352 g/mol. The van der Waals surface area contributed by atoms with E-state index >= 15 is 0 Å². The van der Waals surface area contributed by atoms with E-state index in [-0.39, 0.29) is 5.56 Å². The number of carbonyl (C=O) groups excluding carboxylic acids is 1. The van der Waals surface area contributed by atoms with Crippen LogP contribution in [-0.2, 0) is 18.3 Å². The number of carbonyl (C=O) groups is 1. The number of hydrogen-bond donors (Lipinski definition) is 2. The van der Waals surface area contributed by atoms with Crippen LogP contribution in [0.3, 0.4) is 0 Å². The Morgan fingerprint density at radius 2 is 2.05 bits per heavy atom. The van der Waals surface area contributed by atoms with Crippen LogP contribution in [0.2, 0.25) is 0 Å². The number of methoxy groups -OCH3 is 1. The molecule has 2 rings (SSSR count). The maximum Gasteiger partial charge on any atom is 0.411 e. The average Bonchev–Trinajstić information content (AvgIpc) is 2.53. The second kappa shape index (κ2) is 7.08. The summed E-state index contributed by atoms with van der Waals surface area (Å²) in [5, 5.41) is 9.66. The summed E-state index contributed by atoms with van der Waals surface area (Å²) in [4.78, 5) is 22.8. The standard InChI is InChI=1S/C14H15BrN4O3/c1-19-13(20)12(15)11(8-17-19)16-7-9-3-5-10(6-4-9)18-14(21)22-2/h3-6,8,16H,7H2,1-2H3,(H,18,21). The van der Waals surface area contributed by atoms with E-state index < -0.39 is 6.09 Å². The molecule has 0 fully saturated rings. The first-order chi connectivity index (χ1) is 10.5. The number of benzene rings is 1. The fourth-order valence-electron chi connectivity index (χ4n) is 1.71. The second-order valence-electron chi connectivity index (χ2n) is 4.47. The van der Waals surface area contributed by atoms with Gasteiger partial charge < -0.3 is 10.1 Å². The average molecular weight is 367 g/mol. The molecule has 0 radical (unpaired) electrons. The molecule has 1 aromatic carbocycles. The molecule has 116 valence electrons. The molecule has 0 aliphatic rings. The highest BCUT2D eigenvalue weighted by atomic mass is 79.9. The van der Waals surface area contributed by atoms with Crippen LogP contribution in [0.15, 0.2) is 39.7 Å². The van der Waals surface area contributed by atoms with Crippen molar-refractivity contribution in [3.8, 4) is 0 Å². The topological polar surface area (TPSA) is 85.2 Å². The van der Waals surface area contributed by atoms with Gasteiger partial charge in [0.15, 0.2) is 0 Å². The molecule has 2 N–H and O–H groups in total. The highest BCUT2D eigenvalue weighted by Crippen LogP contribution is 2.17. The van der Waals surface area contributed by atoms with E-state index in [2.05, 4.69) is 36.4 Å². The first-order valence-electron chi connectivity index (χ1n) is 6.41. The maximum atomic E-state index is 11.7. The number of anilines is 2. The quantitative estimate of drug-likeness (QED) is 0.867. The fraction of sp³-hybridized carbons (Fsp3) is 0.214. The summed E-state index contributed by atoms with van der Waals surface area (Å²) in [5.74, 6) is 0. The van der Waals surface area contributed by atoms with E-state index in [9.17, 15) is 9.59 Å². The molecule has 0 aliphatic carbocycles. The van der Waals surface area contributed by atoms with Gasteiger partial charge in [0.05, 0.1) is 19.0 Å². The summed E-state index contributed by atoms with van der Waals surface area (Å²) < 4.78 is 6.21. The number of aryl methyl sites for hydroxylation is 1. The molecule has 0 unspecified atom stereocenters. The lowest BCUT2D eigenvalue weighted by Crippen LogP contribution is -2.21. The van der Waals surface area contributed by atoms with Gasteiger partial charge in [0.25, 0.3) is 5.56 Å². The Balaban J connectivity index is 2.02. The van der Waals surface area contributed by atoms with Crippen LogP contribution in [0.1, 0.15) is 5.56 Å². The molecule has 1 amide bonds. The zero-order chi connectivity index (χ0) is 16.1. The summed E-state index contributed by atoms with van der Waals surface area (Å²) in [6.07, 6.45) is 1.07. The Morgan fingerprint density at radius 1 is 1.36 bits per heavy atom. The molecule has 1 heterocycles. The van der Waals surface area contributed by atoms with Crippen LogP contribution < -0.4 is 16.2 Å². The third-order valence-corrected chi connectivity index (χ3v) is 3.71. The Morgan fingerprint density at radius 3 is 2.68 bits per heavy atom. The second-order valence-corrected chi connectivity index (χ2v) is 5.26. The lowest BCUT2D eigenvalue weighted by atomic mass is 10.2. The molecule has 1 aromatic heterocycles. The smallest absolute Gasteiger partial charge is 0.411 e. The molecule has 0 aliphatic heterocycles. The number of ether oxygens (including phenoxy) is 1. The number of nitrogens with one attached hydrogen (secondary N) is 2. The fourth-order valence-corrected chi connectivity index (χ4v) is 2.21. The summed E-state index contributed by atoms with van der Waals surface area (Å²) in [5.41, 5.74) is 2.05. The van der Waals surface area contributed by atoms with Gasteiger partial charge in [0.1, 0.15) is 4.47 Å². The highest BCUT2D eigenvalue weighted by Gasteiger charge is 2.06. The van der Waals surface area contributed by atoms with Crippen LogP contribution in [0.25, 0.3) is 0 Å². The predicted molar refractivity (Wildman–Crippen MR) is 87.0 cm³/mol.